The molecule has 2 rings (SSSR count). The molecule has 0 unspecified atom stereocenters. The summed E-state index contributed by atoms with van der Waals surface area (Å²) in [6, 6.07) is 4.50. The van der Waals surface area contributed by atoms with Crippen LogP contribution < -0.4 is 0 Å². The van der Waals surface area contributed by atoms with E-state index in [1.54, 1.807) is 26.0 Å². The Kier molecular flexibility index (Phi) is 3.14. The third kappa shape index (κ3) is 2.40. The van der Waals surface area contributed by atoms with Crippen LogP contribution in [0.3, 0.4) is 0 Å². The minimum Gasteiger partial charge on any atom is -0.481 e. The molecule has 0 amide bonds. The van der Waals surface area contributed by atoms with Gasteiger partial charge in [-0.05, 0) is 37.6 Å². The number of carboxylic acids is 1. The Morgan fingerprint density at radius 2 is 2.17 bits per heavy atom. The Bertz CT molecular complexity index is 604. The lowest BCUT2D eigenvalue weighted by Gasteiger charge is -1.99. The van der Waals surface area contributed by atoms with Gasteiger partial charge in [-0.2, -0.15) is 0 Å². The van der Waals surface area contributed by atoms with Crippen LogP contribution in [0.15, 0.2) is 22.6 Å². The van der Waals surface area contributed by atoms with E-state index in [4.69, 9.17) is 9.52 Å². The average molecular weight is 249 g/mol. The summed E-state index contributed by atoms with van der Waals surface area (Å²) in [6.45, 7) is 3.33. The number of oxazole rings is 1. The highest BCUT2D eigenvalue weighted by atomic mass is 19.1. The molecule has 1 heterocycles. The molecule has 0 radical (unpaired) electrons. The molecule has 0 bridgehead atoms. The maximum Gasteiger partial charge on any atom is 0.311 e. The largest absolute Gasteiger partial charge is 0.481 e. The molecule has 0 saturated carbocycles. The van der Waals surface area contributed by atoms with E-state index < -0.39 is 5.97 Å². The number of carboxylic acid groups (broad SMARTS) is 1. The van der Waals surface area contributed by atoms with Gasteiger partial charge in [0.05, 0.1) is 5.69 Å². The van der Waals surface area contributed by atoms with Crippen LogP contribution in [-0.2, 0) is 11.2 Å². The summed E-state index contributed by atoms with van der Waals surface area (Å²) < 4.78 is 18.5. The molecule has 0 saturated heterocycles. The van der Waals surface area contributed by atoms with Gasteiger partial charge in [-0.15, -0.1) is 0 Å². The first-order chi connectivity index (χ1) is 8.47. The van der Waals surface area contributed by atoms with Crippen molar-refractivity contribution in [1.82, 2.24) is 4.98 Å². The number of halogens is 1. The zero-order chi connectivity index (χ0) is 13.3. The number of aryl methyl sites for hydroxylation is 2. The van der Waals surface area contributed by atoms with Gasteiger partial charge < -0.3 is 9.52 Å². The number of carbonyl (C=O) groups is 1. The average Bonchev–Trinajstić information content (AvgIpc) is 2.63. The van der Waals surface area contributed by atoms with E-state index in [9.17, 15) is 9.18 Å². The predicted molar refractivity (Wildman–Crippen MR) is 62.7 cm³/mol. The highest BCUT2D eigenvalue weighted by Crippen LogP contribution is 2.24. The van der Waals surface area contributed by atoms with E-state index in [0.717, 1.165) is 0 Å². The van der Waals surface area contributed by atoms with Gasteiger partial charge >= 0.3 is 5.97 Å². The SMILES string of the molecule is Cc1cc(-c2nc(C)c(CC(=O)O)o2)ccc1F. The van der Waals surface area contributed by atoms with E-state index in [-0.39, 0.29) is 12.2 Å². The quantitative estimate of drug-likeness (QED) is 0.908. The second-order valence-electron chi connectivity index (χ2n) is 4.06. The molecule has 1 aromatic heterocycles. The zero-order valence-electron chi connectivity index (χ0n) is 10.0. The Labute approximate surface area is 103 Å². The van der Waals surface area contributed by atoms with Crippen LogP contribution in [0.5, 0.6) is 0 Å². The van der Waals surface area contributed by atoms with Crippen molar-refractivity contribution in [3.05, 3.63) is 41.0 Å². The molecule has 5 heteroatoms. The fourth-order valence-electron chi connectivity index (χ4n) is 1.63. The summed E-state index contributed by atoms with van der Waals surface area (Å²) in [5.41, 5.74) is 1.66. The monoisotopic (exact) mass is 249 g/mol. The lowest BCUT2D eigenvalue weighted by Crippen LogP contribution is -1.99. The van der Waals surface area contributed by atoms with Gasteiger partial charge in [0.1, 0.15) is 18.0 Å². The standard InChI is InChI=1S/C13H12FNO3/c1-7-5-9(3-4-10(7)14)13-15-8(2)11(18-13)6-12(16)17/h3-5H,6H2,1-2H3,(H,16,17). The van der Waals surface area contributed by atoms with E-state index >= 15 is 0 Å². The van der Waals surface area contributed by atoms with Crippen molar-refractivity contribution in [1.29, 1.82) is 0 Å². The van der Waals surface area contributed by atoms with Crippen molar-refractivity contribution in [3.8, 4) is 11.5 Å². The van der Waals surface area contributed by atoms with Crippen LogP contribution >= 0.6 is 0 Å². The molecule has 0 atom stereocenters. The Morgan fingerprint density at radius 1 is 1.44 bits per heavy atom. The predicted octanol–water partition coefficient (Wildman–Crippen LogP) is 2.72. The van der Waals surface area contributed by atoms with Crippen molar-refractivity contribution < 1.29 is 18.7 Å². The number of nitrogens with zero attached hydrogens (tertiary/aromatic N) is 1. The first kappa shape index (κ1) is 12.3. The van der Waals surface area contributed by atoms with Crippen molar-refractivity contribution >= 4 is 5.97 Å². The Hall–Kier alpha value is -2.17. The summed E-state index contributed by atoms with van der Waals surface area (Å²) in [6.07, 6.45) is -0.209. The normalized spacial score (nSPS) is 10.6. The maximum atomic E-state index is 13.1. The second kappa shape index (κ2) is 4.60. The number of aliphatic carboxylic acids is 1. The number of aromatic nitrogens is 1. The summed E-state index contributed by atoms with van der Waals surface area (Å²) in [5.74, 6) is -0.643. The van der Waals surface area contributed by atoms with E-state index in [1.165, 1.54) is 6.07 Å². The maximum absolute atomic E-state index is 13.1. The molecular weight excluding hydrogens is 237 g/mol. The minimum absolute atomic E-state index is 0.209. The Balaban J connectivity index is 2.39. The van der Waals surface area contributed by atoms with Gasteiger partial charge in [0.25, 0.3) is 0 Å². The van der Waals surface area contributed by atoms with E-state index in [2.05, 4.69) is 4.98 Å². The minimum atomic E-state index is -0.976. The lowest BCUT2D eigenvalue weighted by atomic mass is 10.1. The fraction of sp³-hybridized carbons (Fsp3) is 0.231. The van der Waals surface area contributed by atoms with Gasteiger partial charge in [0, 0.05) is 5.56 Å². The molecule has 0 aliphatic carbocycles. The number of rotatable bonds is 3. The van der Waals surface area contributed by atoms with E-state index in [1.807, 2.05) is 0 Å². The summed E-state index contributed by atoms with van der Waals surface area (Å²) in [5, 5.41) is 8.71. The molecule has 1 N–H and O–H groups in total. The molecule has 0 aliphatic heterocycles. The fourth-order valence-corrected chi connectivity index (χ4v) is 1.63. The topological polar surface area (TPSA) is 63.3 Å². The number of hydrogen-bond donors (Lipinski definition) is 1. The van der Waals surface area contributed by atoms with Crippen LogP contribution in [0, 0.1) is 19.7 Å². The van der Waals surface area contributed by atoms with Gasteiger partial charge in [0.15, 0.2) is 0 Å². The van der Waals surface area contributed by atoms with Crippen molar-refractivity contribution in [2.75, 3.05) is 0 Å². The second-order valence-corrected chi connectivity index (χ2v) is 4.06. The first-order valence-electron chi connectivity index (χ1n) is 5.42. The molecule has 18 heavy (non-hydrogen) atoms. The Morgan fingerprint density at radius 3 is 2.78 bits per heavy atom. The lowest BCUT2D eigenvalue weighted by molar-refractivity contribution is -0.136. The van der Waals surface area contributed by atoms with Gasteiger partial charge in [0.2, 0.25) is 5.89 Å². The van der Waals surface area contributed by atoms with Crippen molar-refractivity contribution in [2.24, 2.45) is 0 Å². The zero-order valence-corrected chi connectivity index (χ0v) is 10.0. The van der Waals surface area contributed by atoms with E-state index in [0.29, 0.717) is 28.5 Å². The van der Waals surface area contributed by atoms with Crippen LogP contribution in [0.25, 0.3) is 11.5 Å². The summed E-state index contributed by atoms with van der Waals surface area (Å²) in [4.78, 5) is 14.8. The van der Waals surface area contributed by atoms with Crippen molar-refractivity contribution in [3.63, 3.8) is 0 Å². The molecule has 0 aliphatic rings. The number of hydrogen-bond acceptors (Lipinski definition) is 3. The van der Waals surface area contributed by atoms with Crippen LogP contribution in [-0.4, -0.2) is 16.1 Å². The summed E-state index contributed by atoms with van der Waals surface area (Å²) in [7, 11) is 0. The number of benzene rings is 1. The third-order valence-electron chi connectivity index (χ3n) is 2.61. The molecule has 4 nitrogen and oxygen atoms in total. The smallest absolute Gasteiger partial charge is 0.311 e. The van der Waals surface area contributed by atoms with Crippen LogP contribution in [0.1, 0.15) is 17.0 Å². The molecule has 94 valence electrons. The van der Waals surface area contributed by atoms with Gasteiger partial charge in [-0.3, -0.25) is 4.79 Å². The molecule has 1 aromatic carbocycles. The highest BCUT2D eigenvalue weighted by molar-refractivity contribution is 5.70. The third-order valence-corrected chi connectivity index (χ3v) is 2.61. The van der Waals surface area contributed by atoms with Crippen LogP contribution in [0.2, 0.25) is 0 Å². The van der Waals surface area contributed by atoms with Crippen molar-refractivity contribution in [2.45, 2.75) is 20.3 Å². The molecule has 0 fully saturated rings. The van der Waals surface area contributed by atoms with Crippen LogP contribution in [0.4, 0.5) is 4.39 Å². The first-order valence-corrected chi connectivity index (χ1v) is 5.42. The van der Waals surface area contributed by atoms with Gasteiger partial charge in [-0.1, -0.05) is 0 Å². The highest BCUT2D eigenvalue weighted by Gasteiger charge is 2.14. The summed E-state index contributed by atoms with van der Waals surface area (Å²) >= 11 is 0. The molecule has 2 aromatic rings. The molecule has 0 spiro atoms. The van der Waals surface area contributed by atoms with Gasteiger partial charge in [-0.25, -0.2) is 9.37 Å². The molecular formula is C13H12FNO3.